The maximum Gasteiger partial charge on any atom is 0.339 e. The second kappa shape index (κ2) is 10.1. The van der Waals surface area contributed by atoms with Gasteiger partial charge < -0.3 is 33.5 Å². The summed E-state index contributed by atoms with van der Waals surface area (Å²) in [5, 5.41) is 9.92. The molecule has 1 aliphatic heterocycles. The van der Waals surface area contributed by atoms with Gasteiger partial charge in [-0.2, -0.15) is 0 Å². The summed E-state index contributed by atoms with van der Waals surface area (Å²) in [6.45, 7) is 4.95. The van der Waals surface area contributed by atoms with Crippen LogP contribution in [-0.2, 0) is 42.9 Å². The Balaban J connectivity index is 2.50. The molecule has 1 aromatic rings. The molecule has 1 aliphatic rings. The normalized spacial score (nSPS) is 25.1. The molecule has 11 nitrogen and oxygen atoms in total. The quantitative estimate of drug-likeness (QED) is 0.495. The molecule has 11 heteroatoms. The first-order valence-electron chi connectivity index (χ1n) is 9.24. The van der Waals surface area contributed by atoms with Crippen molar-refractivity contribution >= 4 is 23.9 Å². The van der Waals surface area contributed by atoms with Gasteiger partial charge in [0.15, 0.2) is 18.3 Å². The summed E-state index contributed by atoms with van der Waals surface area (Å²) in [5.41, 5.74) is 0.577. The molecule has 0 aliphatic carbocycles. The number of benzene rings is 1. The number of rotatable bonds is 6. The van der Waals surface area contributed by atoms with Crippen LogP contribution >= 0.6 is 0 Å². The molecule has 0 saturated carbocycles. The molecule has 5 atom stereocenters. The summed E-state index contributed by atoms with van der Waals surface area (Å²) in [6.07, 6.45) is -7.40. The van der Waals surface area contributed by atoms with Gasteiger partial charge in [0.2, 0.25) is 12.4 Å². The average Bonchev–Trinajstić information content (AvgIpc) is 2.67. The van der Waals surface area contributed by atoms with Crippen LogP contribution in [-0.4, -0.2) is 66.8 Å². The second-order valence-corrected chi connectivity index (χ2v) is 6.74. The van der Waals surface area contributed by atoms with E-state index in [0.717, 1.165) is 27.9 Å². The Morgan fingerprint density at radius 1 is 0.903 bits per heavy atom. The molecule has 170 valence electrons. The molecule has 0 amide bonds. The average molecular weight is 440 g/mol. The molecule has 1 N–H and O–H groups in total. The molecule has 0 radical (unpaired) electrons. The molecular weight excluding hydrogens is 416 g/mol. The van der Waals surface area contributed by atoms with Gasteiger partial charge in [-0.15, -0.1) is 0 Å². The van der Waals surface area contributed by atoms with Crippen LogP contribution < -0.4 is 4.74 Å². The number of carbonyl (C=O) groups excluding carboxylic acids is 4. The smallest absolute Gasteiger partial charge is 0.339 e. The van der Waals surface area contributed by atoms with Gasteiger partial charge in [0.1, 0.15) is 11.5 Å². The molecule has 0 spiro atoms. The zero-order chi connectivity index (χ0) is 23.3. The number of hydrogen-bond donors (Lipinski definition) is 1. The number of esters is 4. The number of methoxy groups -OCH3 is 1. The molecule has 0 unspecified atom stereocenters. The Kier molecular flexibility index (Phi) is 7.81. The molecule has 31 heavy (non-hydrogen) atoms. The van der Waals surface area contributed by atoms with E-state index in [4.69, 9.17) is 28.4 Å². The van der Waals surface area contributed by atoms with E-state index in [9.17, 15) is 24.3 Å². The van der Waals surface area contributed by atoms with Crippen LogP contribution in [0.2, 0.25) is 0 Å². The molecule has 2 rings (SSSR count). The van der Waals surface area contributed by atoms with Crippen molar-refractivity contribution in [1.29, 1.82) is 0 Å². The number of ether oxygens (including phenoxy) is 6. The molecule has 1 heterocycles. The van der Waals surface area contributed by atoms with Gasteiger partial charge in [-0.3, -0.25) is 14.4 Å². The largest absolute Gasteiger partial charge is 0.508 e. The zero-order valence-electron chi connectivity index (χ0n) is 17.6. The Bertz CT molecular complexity index is 850. The van der Waals surface area contributed by atoms with Crippen molar-refractivity contribution in [2.45, 2.75) is 58.4 Å². The molecule has 1 saturated heterocycles. The number of phenols is 1. The van der Waals surface area contributed by atoms with Crippen molar-refractivity contribution < 1.29 is 52.7 Å². The Morgan fingerprint density at radius 3 is 1.97 bits per heavy atom. The number of aromatic hydroxyl groups is 1. The Labute approximate surface area is 178 Å². The minimum Gasteiger partial charge on any atom is -0.508 e. The lowest BCUT2D eigenvalue weighted by Gasteiger charge is -2.43. The van der Waals surface area contributed by atoms with E-state index < -0.39 is 54.6 Å². The first-order chi connectivity index (χ1) is 14.5. The Hall–Kier alpha value is -3.34. The van der Waals surface area contributed by atoms with E-state index in [1.165, 1.54) is 12.1 Å². The van der Waals surface area contributed by atoms with Crippen molar-refractivity contribution in [3.63, 3.8) is 0 Å². The SMILES string of the molecule is COC(=O)[C@H]1O[C@@H](Oc2ccc(C)c(O)c2)[C@@H](OC(C)=O)[C@@H](OC(C)=O)[C@H]1OC(C)=O. The van der Waals surface area contributed by atoms with E-state index in [1.54, 1.807) is 13.0 Å². The van der Waals surface area contributed by atoms with Crippen LogP contribution in [0.1, 0.15) is 26.3 Å². The summed E-state index contributed by atoms with van der Waals surface area (Å²) >= 11 is 0. The fourth-order valence-electron chi connectivity index (χ4n) is 2.97. The van der Waals surface area contributed by atoms with Crippen LogP contribution in [0.4, 0.5) is 0 Å². The van der Waals surface area contributed by atoms with E-state index >= 15 is 0 Å². The van der Waals surface area contributed by atoms with Crippen molar-refractivity contribution in [3.8, 4) is 11.5 Å². The monoisotopic (exact) mass is 440 g/mol. The minimum atomic E-state index is -1.56. The molecule has 1 aromatic carbocycles. The van der Waals surface area contributed by atoms with Crippen molar-refractivity contribution in [3.05, 3.63) is 23.8 Å². The lowest BCUT2D eigenvalue weighted by molar-refractivity contribution is -0.282. The van der Waals surface area contributed by atoms with Gasteiger partial charge in [-0.25, -0.2) is 4.79 Å². The predicted octanol–water partition coefficient (Wildman–Crippen LogP) is 0.772. The maximum absolute atomic E-state index is 12.3. The van der Waals surface area contributed by atoms with Gasteiger partial charge in [0.25, 0.3) is 0 Å². The third-order valence-electron chi connectivity index (χ3n) is 4.27. The van der Waals surface area contributed by atoms with E-state index in [2.05, 4.69) is 0 Å². The third-order valence-corrected chi connectivity index (χ3v) is 4.27. The summed E-state index contributed by atoms with van der Waals surface area (Å²) in [4.78, 5) is 47.4. The zero-order valence-corrected chi connectivity index (χ0v) is 17.6. The van der Waals surface area contributed by atoms with Gasteiger partial charge in [0, 0.05) is 26.8 Å². The van der Waals surface area contributed by atoms with Gasteiger partial charge in [-0.1, -0.05) is 6.07 Å². The Morgan fingerprint density at radius 2 is 1.45 bits per heavy atom. The number of phenolic OH excluding ortho intramolecular Hbond substituents is 1. The van der Waals surface area contributed by atoms with Crippen LogP contribution in [0.3, 0.4) is 0 Å². The highest BCUT2D eigenvalue weighted by molar-refractivity contribution is 5.77. The number of carbonyl (C=O) groups is 4. The fraction of sp³-hybridized carbons (Fsp3) is 0.500. The van der Waals surface area contributed by atoms with Crippen LogP contribution in [0.5, 0.6) is 11.5 Å². The van der Waals surface area contributed by atoms with E-state index in [1.807, 2.05) is 0 Å². The van der Waals surface area contributed by atoms with Crippen LogP contribution in [0.25, 0.3) is 0 Å². The highest BCUT2D eigenvalue weighted by atomic mass is 16.7. The van der Waals surface area contributed by atoms with Crippen LogP contribution in [0, 0.1) is 6.92 Å². The number of hydrogen-bond acceptors (Lipinski definition) is 11. The lowest BCUT2D eigenvalue weighted by atomic mass is 9.97. The van der Waals surface area contributed by atoms with Gasteiger partial charge in [-0.05, 0) is 18.6 Å². The summed E-state index contributed by atoms with van der Waals surface area (Å²) in [5.74, 6) is -3.27. The standard InChI is InChI=1S/C20H24O11/c1-9-6-7-13(8-14(9)24)30-20-18(29-12(4)23)16(28-11(3)22)15(27-10(2)21)17(31-20)19(25)26-5/h6-8,15-18,20,24H,1-5H3/t15-,16+,17+,18+,20-/m1/s1. The summed E-state index contributed by atoms with van der Waals surface area (Å²) in [6, 6.07) is 4.36. The third kappa shape index (κ3) is 6.07. The molecule has 1 fully saturated rings. The number of aryl methyl sites for hydroxylation is 1. The maximum atomic E-state index is 12.3. The molecule has 0 aromatic heterocycles. The van der Waals surface area contributed by atoms with Crippen molar-refractivity contribution in [2.75, 3.05) is 7.11 Å². The van der Waals surface area contributed by atoms with Crippen molar-refractivity contribution in [2.24, 2.45) is 0 Å². The predicted molar refractivity (Wildman–Crippen MR) is 101 cm³/mol. The van der Waals surface area contributed by atoms with E-state index in [-0.39, 0.29) is 11.5 Å². The van der Waals surface area contributed by atoms with Gasteiger partial charge >= 0.3 is 23.9 Å². The summed E-state index contributed by atoms with van der Waals surface area (Å²) < 4.78 is 31.7. The summed E-state index contributed by atoms with van der Waals surface area (Å²) in [7, 11) is 1.09. The molecular formula is C20H24O11. The van der Waals surface area contributed by atoms with Crippen molar-refractivity contribution in [1.82, 2.24) is 0 Å². The van der Waals surface area contributed by atoms with Crippen LogP contribution in [0.15, 0.2) is 18.2 Å². The molecule has 0 bridgehead atoms. The highest BCUT2D eigenvalue weighted by Crippen LogP contribution is 2.32. The second-order valence-electron chi connectivity index (χ2n) is 6.74. The first-order valence-corrected chi connectivity index (χ1v) is 9.24. The fourth-order valence-corrected chi connectivity index (χ4v) is 2.97. The lowest BCUT2D eigenvalue weighted by Crippen LogP contribution is -2.64. The first kappa shape index (κ1) is 23.9. The van der Waals surface area contributed by atoms with E-state index in [0.29, 0.717) is 5.56 Å². The topological polar surface area (TPSA) is 144 Å². The van der Waals surface area contributed by atoms with Gasteiger partial charge in [0.05, 0.1) is 7.11 Å². The highest BCUT2D eigenvalue weighted by Gasteiger charge is 2.55. The minimum absolute atomic E-state index is 0.0730.